The molecule has 1 aliphatic carbocycles. The van der Waals surface area contributed by atoms with Crippen LogP contribution >= 0.6 is 27.3 Å². The highest BCUT2D eigenvalue weighted by molar-refractivity contribution is 9.10. The maximum Gasteiger partial charge on any atom is 0.0551 e. The number of para-hydroxylation sites is 1. The third kappa shape index (κ3) is 3.29. The maximum absolute atomic E-state index is 3.82. The standard InChI is InChI=1S/C39H26BrNS/c1-39(2)32-12-6-3-9-26(32)29-21-30-27-10-4-7-13-34(27)41(36(30)22-33(29)39)35-20-24(40)16-17-25(35)23-15-18-38-31(19-23)28-11-5-8-14-37(28)42-38/h3-22H,1-2H3. The smallest absolute Gasteiger partial charge is 0.0551 e. The van der Waals surface area contributed by atoms with Crippen molar-refractivity contribution >= 4 is 69.2 Å². The minimum Gasteiger partial charge on any atom is -0.309 e. The van der Waals surface area contributed by atoms with E-state index in [1.165, 1.54) is 81.0 Å². The van der Waals surface area contributed by atoms with Gasteiger partial charge in [0.05, 0.1) is 16.7 Å². The lowest BCUT2D eigenvalue weighted by Gasteiger charge is -2.22. The number of hydrogen-bond donors (Lipinski definition) is 0. The number of rotatable bonds is 2. The first-order chi connectivity index (χ1) is 20.5. The summed E-state index contributed by atoms with van der Waals surface area (Å²) >= 11 is 5.69. The van der Waals surface area contributed by atoms with Crippen LogP contribution in [0.15, 0.2) is 126 Å². The number of aromatic nitrogens is 1. The molecule has 200 valence electrons. The van der Waals surface area contributed by atoms with Crippen molar-refractivity contribution in [3.05, 3.63) is 137 Å². The predicted molar refractivity (Wildman–Crippen MR) is 184 cm³/mol. The van der Waals surface area contributed by atoms with Crippen molar-refractivity contribution in [1.29, 1.82) is 0 Å². The molecule has 2 heterocycles. The number of hydrogen-bond acceptors (Lipinski definition) is 1. The lowest BCUT2D eigenvalue weighted by molar-refractivity contribution is 0.661. The molecule has 3 heteroatoms. The van der Waals surface area contributed by atoms with Crippen LogP contribution in [-0.2, 0) is 5.41 Å². The molecular weight excluding hydrogens is 594 g/mol. The summed E-state index contributed by atoms with van der Waals surface area (Å²) < 4.78 is 6.22. The first kappa shape index (κ1) is 24.4. The second kappa shape index (κ2) is 8.67. The molecule has 8 aromatic rings. The highest BCUT2D eigenvalue weighted by Crippen LogP contribution is 2.51. The van der Waals surface area contributed by atoms with Gasteiger partial charge in [-0.1, -0.05) is 103 Å². The van der Waals surface area contributed by atoms with Crippen LogP contribution < -0.4 is 0 Å². The van der Waals surface area contributed by atoms with Crippen molar-refractivity contribution < 1.29 is 0 Å². The molecule has 1 nitrogen and oxygen atoms in total. The third-order valence-electron chi connectivity index (χ3n) is 9.26. The van der Waals surface area contributed by atoms with Crippen molar-refractivity contribution in [3.8, 4) is 27.9 Å². The number of benzene rings is 6. The number of fused-ring (bicyclic) bond motifs is 9. The van der Waals surface area contributed by atoms with E-state index < -0.39 is 0 Å². The summed E-state index contributed by atoms with van der Waals surface area (Å²) in [6, 6.07) is 45.1. The molecule has 0 spiro atoms. The highest BCUT2D eigenvalue weighted by Gasteiger charge is 2.36. The van der Waals surface area contributed by atoms with E-state index in [2.05, 4.69) is 156 Å². The summed E-state index contributed by atoms with van der Waals surface area (Å²) in [5.41, 5.74) is 11.6. The topological polar surface area (TPSA) is 4.93 Å². The van der Waals surface area contributed by atoms with Crippen LogP contribution in [0.25, 0.3) is 69.9 Å². The molecule has 0 saturated carbocycles. The van der Waals surface area contributed by atoms with Gasteiger partial charge in [-0.15, -0.1) is 11.3 Å². The summed E-state index contributed by atoms with van der Waals surface area (Å²) in [5.74, 6) is 0. The van der Waals surface area contributed by atoms with E-state index in [0.29, 0.717) is 0 Å². The van der Waals surface area contributed by atoms with Crippen molar-refractivity contribution in [2.75, 3.05) is 0 Å². The van der Waals surface area contributed by atoms with Crippen LogP contribution in [-0.4, -0.2) is 4.57 Å². The molecule has 0 N–H and O–H groups in total. The zero-order valence-electron chi connectivity index (χ0n) is 23.3. The zero-order valence-corrected chi connectivity index (χ0v) is 25.7. The molecule has 0 fully saturated rings. The summed E-state index contributed by atoms with van der Waals surface area (Å²) in [5, 5.41) is 5.22. The Morgan fingerprint density at radius 3 is 2.21 bits per heavy atom. The van der Waals surface area contributed by atoms with E-state index in [1.54, 1.807) is 0 Å². The van der Waals surface area contributed by atoms with Crippen LogP contribution in [0, 0.1) is 0 Å². The second-order valence-corrected chi connectivity index (χ2v) is 13.9. The molecule has 0 bridgehead atoms. The fourth-order valence-electron chi connectivity index (χ4n) is 7.25. The van der Waals surface area contributed by atoms with Gasteiger partial charge in [-0.25, -0.2) is 0 Å². The van der Waals surface area contributed by atoms with Gasteiger partial charge in [-0.05, 0) is 76.3 Å². The van der Waals surface area contributed by atoms with Gasteiger partial charge >= 0.3 is 0 Å². The molecule has 0 atom stereocenters. The van der Waals surface area contributed by atoms with Crippen molar-refractivity contribution in [1.82, 2.24) is 4.57 Å². The molecule has 2 aromatic heterocycles. The largest absolute Gasteiger partial charge is 0.309 e. The Morgan fingerprint density at radius 2 is 1.31 bits per heavy atom. The predicted octanol–water partition coefficient (Wildman–Crippen LogP) is 11.9. The normalized spacial score (nSPS) is 13.8. The first-order valence-corrected chi connectivity index (χ1v) is 16.0. The fraction of sp³-hybridized carbons (Fsp3) is 0.0769. The molecule has 42 heavy (non-hydrogen) atoms. The Bertz CT molecular complexity index is 2400. The molecular formula is C39H26BrNS. The number of nitrogens with zero attached hydrogens (tertiary/aromatic N) is 1. The Morgan fingerprint density at radius 1 is 0.548 bits per heavy atom. The van der Waals surface area contributed by atoms with Gasteiger partial charge in [0.25, 0.3) is 0 Å². The minimum atomic E-state index is -0.0630. The van der Waals surface area contributed by atoms with E-state index in [0.717, 1.165) is 4.47 Å². The van der Waals surface area contributed by atoms with E-state index in [4.69, 9.17) is 0 Å². The lowest BCUT2D eigenvalue weighted by Crippen LogP contribution is -2.15. The molecule has 0 radical (unpaired) electrons. The van der Waals surface area contributed by atoms with Gasteiger partial charge in [0, 0.05) is 46.4 Å². The SMILES string of the molecule is CC1(C)c2ccccc2-c2cc3c4ccccc4n(-c4cc(Br)ccc4-c4ccc5sc6ccccc6c5c4)c3cc21. The Labute approximate surface area is 256 Å². The van der Waals surface area contributed by atoms with Gasteiger partial charge in [0.2, 0.25) is 0 Å². The Hall–Kier alpha value is -4.18. The van der Waals surface area contributed by atoms with E-state index in [9.17, 15) is 0 Å². The van der Waals surface area contributed by atoms with Crippen LogP contribution in [0.4, 0.5) is 0 Å². The first-order valence-electron chi connectivity index (χ1n) is 14.4. The molecule has 0 amide bonds. The Balaban J connectivity index is 1.36. The van der Waals surface area contributed by atoms with Gasteiger partial charge in [-0.2, -0.15) is 0 Å². The van der Waals surface area contributed by atoms with Crippen LogP contribution in [0.1, 0.15) is 25.0 Å². The summed E-state index contributed by atoms with van der Waals surface area (Å²) in [6.45, 7) is 4.73. The van der Waals surface area contributed by atoms with E-state index >= 15 is 0 Å². The molecule has 6 aromatic carbocycles. The van der Waals surface area contributed by atoms with Crippen molar-refractivity contribution in [2.45, 2.75) is 19.3 Å². The highest BCUT2D eigenvalue weighted by atomic mass is 79.9. The number of halogens is 1. The quantitative estimate of drug-likeness (QED) is 0.181. The average molecular weight is 621 g/mol. The summed E-state index contributed by atoms with van der Waals surface area (Å²) in [4.78, 5) is 0. The zero-order chi connectivity index (χ0) is 28.2. The van der Waals surface area contributed by atoms with Crippen LogP contribution in [0.3, 0.4) is 0 Å². The molecule has 1 aliphatic rings. The Kier molecular flexibility index (Phi) is 5.04. The second-order valence-electron chi connectivity index (χ2n) is 11.9. The number of thiophene rings is 1. The van der Waals surface area contributed by atoms with Crippen molar-refractivity contribution in [2.24, 2.45) is 0 Å². The summed E-state index contributed by atoms with van der Waals surface area (Å²) in [6.07, 6.45) is 0. The fourth-order valence-corrected chi connectivity index (χ4v) is 8.69. The molecule has 0 aliphatic heterocycles. The van der Waals surface area contributed by atoms with Crippen LogP contribution in [0.2, 0.25) is 0 Å². The van der Waals surface area contributed by atoms with Gasteiger partial charge in [0.1, 0.15) is 0 Å². The molecule has 9 rings (SSSR count). The van der Waals surface area contributed by atoms with Gasteiger partial charge in [-0.3, -0.25) is 0 Å². The van der Waals surface area contributed by atoms with E-state index in [1.807, 2.05) is 11.3 Å². The third-order valence-corrected chi connectivity index (χ3v) is 10.9. The minimum absolute atomic E-state index is 0.0630. The van der Waals surface area contributed by atoms with Gasteiger partial charge < -0.3 is 4.57 Å². The maximum atomic E-state index is 3.82. The van der Waals surface area contributed by atoms with Gasteiger partial charge in [0.15, 0.2) is 0 Å². The molecule has 0 unspecified atom stereocenters. The lowest BCUT2D eigenvalue weighted by atomic mass is 9.82. The summed E-state index contributed by atoms with van der Waals surface area (Å²) in [7, 11) is 0. The van der Waals surface area contributed by atoms with E-state index in [-0.39, 0.29) is 5.41 Å². The monoisotopic (exact) mass is 619 g/mol. The average Bonchev–Trinajstić information content (AvgIpc) is 3.62. The van der Waals surface area contributed by atoms with Crippen LogP contribution in [0.5, 0.6) is 0 Å². The van der Waals surface area contributed by atoms with Crippen molar-refractivity contribution in [3.63, 3.8) is 0 Å². The molecule has 0 saturated heterocycles.